The Hall–Kier alpha value is -7.80. The fraction of sp³-hybridized carbons (Fsp3) is 0. The van der Waals surface area contributed by atoms with Crippen molar-refractivity contribution in [3.63, 3.8) is 0 Å². The Morgan fingerprint density at radius 2 is 0.567 bits per heavy atom. The molecule has 0 aliphatic carbocycles. The van der Waals surface area contributed by atoms with Gasteiger partial charge in [0.25, 0.3) is 0 Å². The van der Waals surface area contributed by atoms with Crippen LogP contribution in [0.5, 0.6) is 0 Å². The van der Waals surface area contributed by atoms with E-state index in [1.165, 1.54) is 120 Å². The third-order valence-corrected chi connectivity index (χ3v) is 12.6. The maximum Gasteiger partial charge on any atom is -0.00199 e. The Kier molecular flexibility index (Phi) is 7.96. The summed E-state index contributed by atoms with van der Waals surface area (Å²) in [4.78, 5) is 0. The van der Waals surface area contributed by atoms with Crippen LogP contribution >= 0.6 is 0 Å². The van der Waals surface area contributed by atoms with E-state index in [2.05, 4.69) is 231 Å². The van der Waals surface area contributed by atoms with Gasteiger partial charge in [0.15, 0.2) is 0 Å². The van der Waals surface area contributed by atoms with Gasteiger partial charge in [-0.25, -0.2) is 0 Å². The molecule has 12 aromatic carbocycles. The van der Waals surface area contributed by atoms with Gasteiger partial charge in [-0.15, -0.1) is 0 Å². The van der Waals surface area contributed by atoms with Gasteiger partial charge < -0.3 is 0 Å². The molecule has 0 radical (unpaired) electrons. The molecular formula is C60H38. The molecule has 0 nitrogen and oxygen atoms in total. The Bertz CT molecular complexity index is 3630. The number of fused-ring (bicyclic) bond motifs is 6. The van der Waals surface area contributed by atoms with Crippen LogP contribution in [0.2, 0.25) is 0 Å². The molecule has 0 heterocycles. The average Bonchev–Trinajstić information content (AvgIpc) is 3.32. The van der Waals surface area contributed by atoms with Crippen LogP contribution in [0.25, 0.3) is 120 Å². The zero-order valence-corrected chi connectivity index (χ0v) is 32.9. The fourth-order valence-corrected chi connectivity index (χ4v) is 9.76. The number of hydrogen-bond acceptors (Lipinski definition) is 0. The highest BCUT2D eigenvalue weighted by molar-refractivity contribution is 6.25. The molecule has 0 aliphatic rings. The minimum Gasteiger partial charge on any atom is -0.0616 e. The lowest BCUT2D eigenvalue weighted by molar-refractivity contribution is 1.62. The van der Waals surface area contributed by atoms with Crippen LogP contribution in [0.1, 0.15) is 0 Å². The van der Waals surface area contributed by atoms with Crippen molar-refractivity contribution in [2.45, 2.75) is 0 Å². The summed E-state index contributed by atoms with van der Waals surface area (Å²) in [6.07, 6.45) is 0. The molecule has 0 aliphatic heterocycles. The van der Waals surface area contributed by atoms with Crippen molar-refractivity contribution in [1.82, 2.24) is 0 Å². The molecule has 0 bridgehead atoms. The van der Waals surface area contributed by atoms with Gasteiger partial charge in [0, 0.05) is 0 Å². The number of rotatable bonds is 5. The quantitative estimate of drug-likeness (QED) is 0.153. The van der Waals surface area contributed by atoms with Crippen molar-refractivity contribution in [3.8, 4) is 55.6 Å². The van der Waals surface area contributed by atoms with E-state index in [9.17, 15) is 0 Å². The monoisotopic (exact) mass is 758 g/mol. The Balaban J connectivity index is 1.18. The molecule has 278 valence electrons. The summed E-state index contributed by atoms with van der Waals surface area (Å²) in [5.41, 5.74) is 12.3. The molecule has 0 amide bonds. The maximum absolute atomic E-state index is 2.46. The zero-order chi connectivity index (χ0) is 39.6. The summed E-state index contributed by atoms with van der Waals surface area (Å²) >= 11 is 0. The van der Waals surface area contributed by atoms with E-state index < -0.39 is 0 Å². The van der Waals surface area contributed by atoms with Crippen LogP contribution in [0.4, 0.5) is 0 Å². The van der Waals surface area contributed by atoms with Gasteiger partial charge in [0.2, 0.25) is 0 Å². The first-order chi connectivity index (χ1) is 29.7. The lowest BCUT2D eigenvalue weighted by Crippen LogP contribution is -1.94. The van der Waals surface area contributed by atoms with Crippen LogP contribution in [-0.2, 0) is 0 Å². The molecule has 0 saturated carbocycles. The summed E-state index contributed by atoms with van der Waals surface area (Å²) in [6.45, 7) is 0. The first-order valence-electron chi connectivity index (χ1n) is 20.8. The van der Waals surface area contributed by atoms with Crippen LogP contribution in [0.15, 0.2) is 231 Å². The van der Waals surface area contributed by atoms with Gasteiger partial charge in [0.1, 0.15) is 0 Å². The lowest BCUT2D eigenvalue weighted by atomic mass is 9.82. The summed E-state index contributed by atoms with van der Waals surface area (Å²) < 4.78 is 0. The topological polar surface area (TPSA) is 0 Å². The van der Waals surface area contributed by atoms with Crippen LogP contribution < -0.4 is 0 Å². The normalized spacial score (nSPS) is 11.7. The summed E-state index contributed by atoms with van der Waals surface area (Å²) in [5.74, 6) is 0. The van der Waals surface area contributed by atoms with Crippen LogP contribution in [0, 0.1) is 0 Å². The minimum atomic E-state index is 1.20. The van der Waals surface area contributed by atoms with E-state index >= 15 is 0 Å². The minimum absolute atomic E-state index is 1.20. The molecule has 0 fully saturated rings. The highest BCUT2D eigenvalue weighted by Crippen LogP contribution is 2.48. The van der Waals surface area contributed by atoms with Crippen molar-refractivity contribution < 1.29 is 0 Å². The van der Waals surface area contributed by atoms with E-state index in [1.807, 2.05) is 0 Å². The standard InChI is InChI=1S/C60H38/c1-2-16-45-36-46(31-28-39(45)12-1)40-26-29-44(30-27-40)59-55-34-32-48(53-24-10-18-42-14-4-7-21-50(42)53)38-58(55)60(54-25-11-19-43-15-5-8-22-51(43)54)56-35-33-47(37-57(56)59)52-23-9-17-41-13-3-6-20-49(41)52/h1-38H. The Morgan fingerprint density at radius 1 is 0.167 bits per heavy atom. The number of hydrogen-bond donors (Lipinski definition) is 0. The van der Waals surface area contributed by atoms with Crippen molar-refractivity contribution in [1.29, 1.82) is 0 Å². The van der Waals surface area contributed by atoms with Gasteiger partial charge in [-0.3, -0.25) is 0 Å². The zero-order valence-electron chi connectivity index (χ0n) is 32.9. The Morgan fingerprint density at radius 3 is 1.15 bits per heavy atom. The SMILES string of the molecule is c1ccc2cc(-c3ccc(-c4c5cc(-c6cccc7ccccc67)ccc5c(-c5cccc6ccccc56)c5cc(-c6cccc7ccccc67)ccc45)cc3)ccc2c1. The van der Waals surface area contributed by atoms with E-state index in [0.29, 0.717) is 0 Å². The molecule has 0 spiro atoms. The predicted molar refractivity (Wildman–Crippen MR) is 259 cm³/mol. The van der Waals surface area contributed by atoms with Crippen LogP contribution in [-0.4, -0.2) is 0 Å². The van der Waals surface area contributed by atoms with Crippen LogP contribution in [0.3, 0.4) is 0 Å². The number of benzene rings is 12. The van der Waals surface area contributed by atoms with Gasteiger partial charge >= 0.3 is 0 Å². The largest absolute Gasteiger partial charge is 0.0616 e. The highest BCUT2D eigenvalue weighted by atomic mass is 14.2. The molecule has 12 aromatic rings. The second-order valence-corrected chi connectivity index (χ2v) is 16.0. The summed E-state index contributed by atoms with van der Waals surface area (Å²) in [6, 6.07) is 85.4. The van der Waals surface area contributed by atoms with Gasteiger partial charge in [0.05, 0.1) is 0 Å². The summed E-state index contributed by atoms with van der Waals surface area (Å²) in [7, 11) is 0. The third kappa shape index (κ3) is 5.61. The summed E-state index contributed by atoms with van der Waals surface area (Å²) in [5, 5.41) is 15.0. The first-order valence-corrected chi connectivity index (χ1v) is 20.8. The second kappa shape index (κ2) is 13.9. The molecule has 0 saturated heterocycles. The van der Waals surface area contributed by atoms with Gasteiger partial charge in [-0.1, -0.05) is 212 Å². The van der Waals surface area contributed by atoms with Crippen molar-refractivity contribution in [2.75, 3.05) is 0 Å². The molecule has 0 aromatic heterocycles. The maximum atomic E-state index is 2.46. The molecule has 12 rings (SSSR count). The van der Waals surface area contributed by atoms with Crippen molar-refractivity contribution in [3.05, 3.63) is 231 Å². The molecule has 0 unspecified atom stereocenters. The second-order valence-electron chi connectivity index (χ2n) is 16.0. The third-order valence-electron chi connectivity index (χ3n) is 12.6. The van der Waals surface area contributed by atoms with E-state index in [-0.39, 0.29) is 0 Å². The Labute approximate surface area is 349 Å². The first kappa shape index (κ1) is 34.3. The highest BCUT2D eigenvalue weighted by Gasteiger charge is 2.21. The molecule has 60 heavy (non-hydrogen) atoms. The fourth-order valence-electron chi connectivity index (χ4n) is 9.76. The molecule has 0 atom stereocenters. The van der Waals surface area contributed by atoms with E-state index in [0.717, 1.165) is 0 Å². The van der Waals surface area contributed by atoms with Gasteiger partial charge in [-0.2, -0.15) is 0 Å². The average molecular weight is 759 g/mol. The molecular weight excluding hydrogens is 721 g/mol. The van der Waals surface area contributed by atoms with E-state index in [4.69, 9.17) is 0 Å². The predicted octanol–water partition coefficient (Wildman–Crippen LogP) is 16.9. The molecule has 0 N–H and O–H groups in total. The van der Waals surface area contributed by atoms with E-state index in [1.54, 1.807) is 0 Å². The smallest absolute Gasteiger partial charge is 0.00199 e. The van der Waals surface area contributed by atoms with Crippen molar-refractivity contribution in [2.24, 2.45) is 0 Å². The lowest BCUT2D eigenvalue weighted by Gasteiger charge is -2.21. The van der Waals surface area contributed by atoms with Crippen molar-refractivity contribution >= 4 is 64.6 Å². The molecule has 0 heteroatoms. The van der Waals surface area contributed by atoms with Gasteiger partial charge in [-0.05, 0) is 138 Å².